The molecular weight excluding hydrogens is 309 g/mol. The number of hydrogen-bond acceptors (Lipinski definition) is 5. The Morgan fingerprint density at radius 1 is 1.04 bits per heavy atom. The van der Waals surface area contributed by atoms with Crippen molar-refractivity contribution in [3.05, 3.63) is 78.0 Å². The van der Waals surface area contributed by atoms with E-state index in [0.717, 1.165) is 5.69 Å². The van der Waals surface area contributed by atoms with E-state index in [0.29, 0.717) is 18.1 Å². The van der Waals surface area contributed by atoms with Crippen LogP contribution in [0.2, 0.25) is 0 Å². The monoisotopic (exact) mass is 323 g/mol. The number of anilines is 2. The highest BCUT2D eigenvalue weighted by molar-refractivity contribution is 5.92. The SMILES string of the molecule is O=C(NCc1ccccn1)c1ccc(Nc2cccc(F)c2)nn1. The second-order valence-corrected chi connectivity index (χ2v) is 4.94. The number of nitrogens with one attached hydrogen (secondary N) is 2. The molecule has 7 heteroatoms. The van der Waals surface area contributed by atoms with Crippen LogP contribution >= 0.6 is 0 Å². The summed E-state index contributed by atoms with van der Waals surface area (Å²) in [4.78, 5) is 16.1. The maximum atomic E-state index is 13.1. The Morgan fingerprint density at radius 3 is 2.67 bits per heavy atom. The van der Waals surface area contributed by atoms with Crippen molar-refractivity contribution in [2.45, 2.75) is 6.54 Å². The normalized spacial score (nSPS) is 10.2. The van der Waals surface area contributed by atoms with Gasteiger partial charge in [-0.25, -0.2) is 4.39 Å². The van der Waals surface area contributed by atoms with Crippen LogP contribution in [-0.2, 0) is 6.54 Å². The number of benzene rings is 1. The predicted octanol–water partition coefficient (Wildman–Crippen LogP) is 2.68. The fourth-order valence-corrected chi connectivity index (χ4v) is 2.00. The van der Waals surface area contributed by atoms with Gasteiger partial charge in [0.25, 0.3) is 5.91 Å². The van der Waals surface area contributed by atoms with E-state index in [-0.39, 0.29) is 17.4 Å². The van der Waals surface area contributed by atoms with Crippen LogP contribution in [0.1, 0.15) is 16.2 Å². The minimum absolute atomic E-state index is 0.190. The van der Waals surface area contributed by atoms with E-state index in [1.165, 1.54) is 12.1 Å². The zero-order chi connectivity index (χ0) is 16.8. The molecule has 0 aliphatic carbocycles. The molecule has 3 rings (SSSR count). The molecular formula is C17H14FN5O. The molecule has 0 bridgehead atoms. The molecule has 0 saturated carbocycles. The van der Waals surface area contributed by atoms with Crippen LogP contribution < -0.4 is 10.6 Å². The molecule has 0 aliphatic heterocycles. The third-order valence-electron chi connectivity index (χ3n) is 3.15. The summed E-state index contributed by atoms with van der Waals surface area (Å²) < 4.78 is 13.1. The zero-order valence-electron chi connectivity index (χ0n) is 12.6. The molecule has 1 amide bonds. The lowest BCUT2D eigenvalue weighted by atomic mass is 10.3. The second-order valence-electron chi connectivity index (χ2n) is 4.94. The van der Waals surface area contributed by atoms with E-state index in [1.54, 1.807) is 36.5 Å². The van der Waals surface area contributed by atoms with Crippen LogP contribution in [0.25, 0.3) is 0 Å². The Bertz CT molecular complexity index is 824. The highest BCUT2D eigenvalue weighted by atomic mass is 19.1. The first-order valence-corrected chi connectivity index (χ1v) is 7.25. The third-order valence-corrected chi connectivity index (χ3v) is 3.15. The molecule has 2 aromatic heterocycles. The maximum Gasteiger partial charge on any atom is 0.272 e. The highest BCUT2D eigenvalue weighted by Crippen LogP contribution is 2.14. The quantitative estimate of drug-likeness (QED) is 0.754. The molecule has 2 heterocycles. The van der Waals surface area contributed by atoms with Crippen LogP contribution in [0, 0.1) is 5.82 Å². The van der Waals surface area contributed by atoms with Crippen molar-refractivity contribution in [1.29, 1.82) is 0 Å². The molecule has 3 aromatic rings. The summed E-state index contributed by atoms with van der Waals surface area (Å²) in [7, 11) is 0. The highest BCUT2D eigenvalue weighted by Gasteiger charge is 2.08. The Hall–Kier alpha value is -3.35. The van der Waals surface area contributed by atoms with Crippen LogP contribution in [0.15, 0.2) is 60.8 Å². The van der Waals surface area contributed by atoms with Gasteiger partial charge in [0.1, 0.15) is 5.82 Å². The van der Waals surface area contributed by atoms with E-state index in [1.807, 2.05) is 12.1 Å². The van der Waals surface area contributed by atoms with Crippen molar-refractivity contribution >= 4 is 17.4 Å². The van der Waals surface area contributed by atoms with Crippen molar-refractivity contribution in [1.82, 2.24) is 20.5 Å². The van der Waals surface area contributed by atoms with Crippen LogP contribution in [-0.4, -0.2) is 21.1 Å². The number of aromatic nitrogens is 3. The maximum absolute atomic E-state index is 13.1. The summed E-state index contributed by atoms with van der Waals surface area (Å²) >= 11 is 0. The predicted molar refractivity (Wildman–Crippen MR) is 87.1 cm³/mol. The fraction of sp³-hybridized carbons (Fsp3) is 0.0588. The Morgan fingerprint density at radius 2 is 1.96 bits per heavy atom. The molecule has 0 atom stereocenters. The average Bonchev–Trinajstić information content (AvgIpc) is 2.61. The largest absolute Gasteiger partial charge is 0.345 e. The molecule has 0 fully saturated rings. The molecule has 24 heavy (non-hydrogen) atoms. The molecule has 0 radical (unpaired) electrons. The molecule has 0 unspecified atom stereocenters. The minimum Gasteiger partial charge on any atom is -0.345 e. The van der Waals surface area contributed by atoms with Gasteiger partial charge in [0.15, 0.2) is 11.5 Å². The first-order valence-electron chi connectivity index (χ1n) is 7.25. The van der Waals surface area contributed by atoms with Gasteiger partial charge in [-0.15, -0.1) is 10.2 Å². The molecule has 0 spiro atoms. The molecule has 1 aromatic carbocycles. The molecule has 6 nitrogen and oxygen atoms in total. The summed E-state index contributed by atoms with van der Waals surface area (Å²) in [5.74, 6) is -0.272. The Kier molecular flexibility index (Phi) is 4.71. The lowest BCUT2D eigenvalue weighted by Crippen LogP contribution is -2.24. The number of carbonyl (C=O) groups excluding carboxylic acids is 1. The van der Waals surface area contributed by atoms with E-state index in [4.69, 9.17) is 0 Å². The van der Waals surface area contributed by atoms with Gasteiger partial charge in [0.2, 0.25) is 0 Å². The van der Waals surface area contributed by atoms with Gasteiger partial charge in [0, 0.05) is 11.9 Å². The summed E-state index contributed by atoms with van der Waals surface area (Å²) in [5, 5.41) is 13.4. The standard InChI is InChI=1S/C17H14FN5O/c18-12-4-3-6-13(10-12)21-16-8-7-15(22-23-16)17(24)20-11-14-5-1-2-9-19-14/h1-10H,11H2,(H,20,24)(H,21,23). The Balaban J connectivity index is 1.60. The topological polar surface area (TPSA) is 79.8 Å². The van der Waals surface area contributed by atoms with Gasteiger partial charge in [-0.1, -0.05) is 12.1 Å². The average molecular weight is 323 g/mol. The lowest BCUT2D eigenvalue weighted by Gasteiger charge is -2.06. The lowest BCUT2D eigenvalue weighted by molar-refractivity contribution is 0.0944. The summed E-state index contributed by atoms with van der Waals surface area (Å²) in [6.07, 6.45) is 1.66. The van der Waals surface area contributed by atoms with Gasteiger partial charge in [-0.2, -0.15) is 0 Å². The van der Waals surface area contributed by atoms with E-state index < -0.39 is 0 Å². The summed E-state index contributed by atoms with van der Waals surface area (Å²) in [6, 6.07) is 14.6. The number of hydrogen-bond donors (Lipinski definition) is 2. The van der Waals surface area contributed by atoms with Gasteiger partial charge >= 0.3 is 0 Å². The van der Waals surface area contributed by atoms with Gasteiger partial charge < -0.3 is 10.6 Å². The third kappa shape index (κ3) is 4.10. The molecule has 0 saturated heterocycles. The molecule has 2 N–H and O–H groups in total. The smallest absolute Gasteiger partial charge is 0.272 e. The van der Waals surface area contributed by atoms with Crippen molar-refractivity contribution in [3.8, 4) is 0 Å². The van der Waals surface area contributed by atoms with Gasteiger partial charge in [-0.3, -0.25) is 9.78 Å². The van der Waals surface area contributed by atoms with Crippen LogP contribution in [0.3, 0.4) is 0 Å². The second kappa shape index (κ2) is 7.28. The van der Waals surface area contributed by atoms with E-state index in [2.05, 4.69) is 25.8 Å². The zero-order valence-corrected chi connectivity index (χ0v) is 12.6. The first-order chi connectivity index (χ1) is 11.7. The van der Waals surface area contributed by atoms with Crippen molar-refractivity contribution < 1.29 is 9.18 Å². The number of rotatable bonds is 5. The Labute approximate surface area is 137 Å². The van der Waals surface area contributed by atoms with Crippen LogP contribution in [0.5, 0.6) is 0 Å². The van der Waals surface area contributed by atoms with E-state index in [9.17, 15) is 9.18 Å². The number of nitrogens with zero attached hydrogens (tertiary/aromatic N) is 3. The van der Waals surface area contributed by atoms with Crippen LogP contribution in [0.4, 0.5) is 15.9 Å². The minimum atomic E-state index is -0.349. The summed E-state index contributed by atoms with van der Waals surface area (Å²) in [5.41, 5.74) is 1.50. The summed E-state index contributed by atoms with van der Waals surface area (Å²) in [6.45, 7) is 0.310. The van der Waals surface area contributed by atoms with Crippen molar-refractivity contribution in [2.24, 2.45) is 0 Å². The fourth-order valence-electron chi connectivity index (χ4n) is 2.00. The number of pyridine rings is 1. The number of halogens is 1. The number of amides is 1. The molecule has 0 aliphatic rings. The first kappa shape index (κ1) is 15.5. The van der Waals surface area contributed by atoms with E-state index >= 15 is 0 Å². The molecule has 120 valence electrons. The van der Waals surface area contributed by atoms with Gasteiger partial charge in [0.05, 0.1) is 12.2 Å². The number of carbonyl (C=O) groups is 1. The van der Waals surface area contributed by atoms with Gasteiger partial charge in [-0.05, 0) is 42.5 Å². The van der Waals surface area contributed by atoms with Crippen molar-refractivity contribution in [2.75, 3.05) is 5.32 Å². The van der Waals surface area contributed by atoms with Crippen molar-refractivity contribution in [3.63, 3.8) is 0 Å².